The fraction of sp³-hybridized carbons (Fsp3) is 0.333. The van der Waals surface area contributed by atoms with Gasteiger partial charge in [0, 0.05) is 19.5 Å². The quantitative estimate of drug-likeness (QED) is 0.813. The van der Waals surface area contributed by atoms with E-state index in [2.05, 4.69) is 22.5 Å². The molecule has 0 aliphatic carbocycles. The molecule has 1 amide bonds. The number of amides is 1. The molecule has 2 aromatic rings. The van der Waals surface area contributed by atoms with Crippen LogP contribution in [0.15, 0.2) is 41.1 Å². The van der Waals surface area contributed by atoms with Crippen molar-refractivity contribution in [1.82, 2.24) is 10.3 Å². The summed E-state index contributed by atoms with van der Waals surface area (Å²) in [6.45, 7) is 3.53. The van der Waals surface area contributed by atoms with E-state index in [0.717, 1.165) is 24.4 Å². The van der Waals surface area contributed by atoms with Crippen LogP contribution < -0.4 is 10.6 Å². The summed E-state index contributed by atoms with van der Waals surface area (Å²) < 4.78 is 5.20. The summed E-state index contributed by atoms with van der Waals surface area (Å²) in [6, 6.07) is 7.31. The first-order valence-electron chi connectivity index (χ1n) is 6.80. The van der Waals surface area contributed by atoms with Crippen LogP contribution in [0.5, 0.6) is 0 Å². The lowest BCUT2D eigenvalue weighted by atomic mass is 10.3. The summed E-state index contributed by atoms with van der Waals surface area (Å²) in [5.41, 5.74) is 1.35. The Hall–Kier alpha value is -2.30. The first kappa shape index (κ1) is 14.1. The summed E-state index contributed by atoms with van der Waals surface area (Å²) in [4.78, 5) is 16.0. The van der Waals surface area contributed by atoms with Gasteiger partial charge in [-0.25, -0.2) is 4.98 Å². The number of nitrogens with one attached hydrogen (secondary N) is 2. The third kappa shape index (κ3) is 4.12. The lowest BCUT2D eigenvalue weighted by molar-refractivity contribution is 0.0949. The van der Waals surface area contributed by atoms with Crippen LogP contribution in [0, 0.1) is 0 Å². The van der Waals surface area contributed by atoms with Gasteiger partial charge in [-0.2, -0.15) is 0 Å². The Labute approximate surface area is 118 Å². The fourth-order valence-corrected chi connectivity index (χ4v) is 1.75. The number of nitrogens with zero attached hydrogens (tertiary/aromatic N) is 1. The summed E-state index contributed by atoms with van der Waals surface area (Å²) in [7, 11) is 0. The molecule has 0 saturated carbocycles. The maximum absolute atomic E-state index is 11.9. The van der Waals surface area contributed by atoms with Crippen LogP contribution in [0.3, 0.4) is 0 Å². The predicted molar refractivity (Wildman–Crippen MR) is 77.8 cm³/mol. The average molecular weight is 273 g/mol. The standard InChI is InChI=1S/C15H19N3O2/c1-2-8-16-12-5-6-14(18-11-12)15(19)17-9-7-13-4-3-10-20-13/h3-6,10-11,16H,2,7-9H2,1H3,(H,17,19). The Balaban J connectivity index is 1.79. The van der Waals surface area contributed by atoms with Crippen molar-refractivity contribution in [3.63, 3.8) is 0 Å². The van der Waals surface area contributed by atoms with Crippen LogP contribution in [0.4, 0.5) is 5.69 Å². The van der Waals surface area contributed by atoms with Crippen LogP contribution in [0.1, 0.15) is 29.6 Å². The highest BCUT2D eigenvalue weighted by Gasteiger charge is 2.06. The molecule has 2 N–H and O–H groups in total. The maximum Gasteiger partial charge on any atom is 0.269 e. The molecule has 0 fully saturated rings. The summed E-state index contributed by atoms with van der Waals surface area (Å²) in [6.07, 6.45) is 5.03. The minimum atomic E-state index is -0.168. The molecular weight excluding hydrogens is 254 g/mol. The molecule has 0 spiro atoms. The highest BCUT2D eigenvalue weighted by Crippen LogP contribution is 2.06. The Morgan fingerprint density at radius 3 is 2.85 bits per heavy atom. The largest absolute Gasteiger partial charge is 0.469 e. The summed E-state index contributed by atoms with van der Waals surface area (Å²) in [5.74, 6) is 0.691. The first-order chi connectivity index (χ1) is 9.79. The second-order valence-electron chi connectivity index (χ2n) is 4.44. The summed E-state index contributed by atoms with van der Waals surface area (Å²) in [5, 5.41) is 6.03. The van der Waals surface area contributed by atoms with Gasteiger partial charge in [-0.05, 0) is 30.7 Å². The van der Waals surface area contributed by atoms with E-state index in [9.17, 15) is 4.79 Å². The number of anilines is 1. The molecule has 0 saturated heterocycles. The van der Waals surface area contributed by atoms with Crippen LogP contribution in [0.25, 0.3) is 0 Å². The number of pyridine rings is 1. The molecule has 0 radical (unpaired) electrons. The molecule has 0 aliphatic heterocycles. The second kappa shape index (κ2) is 7.33. The predicted octanol–water partition coefficient (Wildman–Crippen LogP) is 2.47. The molecule has 20 heavy (non-hydrogen) atoms. The fourth-order valence-electron chi connectivity index (χ4n) is 1.75. The lowest BCUT2D eigenvalue weighted by Gasteiger charge is -2.06. The van der Waals surface area contributed by atoms with Crippen molar-refractivity contribution in [3.05, 3.63) is 48.2 Å². The number of carbonyl (C=O) groups is 1. The number of rotatable bonds is 7. The molecule has 5 nitrogen and oxygen atoms in total. The average Bonchev–Trinajstić information content (AvgIpc) is 2.99. The number of hydrogen-bond acceptors (Lipinski definition) is 4. The molecule has 0 atom stereocenters. The normalized spacial score (nSPS) is 10.2. The summed E-state index contributed by atoms with van der Waals surface area (Å²) >= 11 is 0. The lowest BCUT2D eigenvalue weighted by Crippen LogP contribution is -2.26. The zero-order valence-electron chi connectivity index (χ0n) is 11.6. The molecule has 0 bridgehead atoms. The molecule has 2 rings (SSSR count). The van der Waals surface area contributed by atoms with Crippen molar-refractivity contribution in [2.75, 3.05) is 18.4 Å². The molecule has 2 aromatic heterocycles. The van der Waals surface area contributed by atoms with Gasteiger partial charge in [0.1, 0.15) is 11.5 Å². The van der Waals surface area contributed by atoms with Crippen LogP contribution in [-0.2, 0) is 6.42 Å². The molecule has 0 unspecified atom stereocenters. The van der Waals surface area contributed by atoms with E-state index >= 15 is 0 Å². The number of aromatic nitrogens is 1. The van der Waals surface area contributed by atoms with Crippen molar-refractivity contribution in [2.24, 2.45) is 0 Å². The van der Waals surface area contributed by atoms with Gasteiger partial charge >= 0.3 is 0 Å². The van der Waals surface area contributed by atoms with E-state index in [1.54, 1.807) is 18.5 Å². The molecule has 0 aromatic carbocycles. The molecular formula is C15H19N3O2. The zero-order chi connectivity index (χ0) is 14.2. The van der Waals surface area contributed by atoms with E-state index in [-0.39, 0.29) is 5.91 Å². The SMILES string of the molecule is CCCNc1ccc(C(=O)NCCc2ccco2)nc1. The van der Waals surface area contributed by atoms with E-state index < -0.39 is 0 Å². The van der Waals surface area contributed by atoms with Gasteiger partial charge in [0.2, 0.25) is 0 Å². The topological polar surface area (TPSA) is 67.2 Å². The Morgan fingerprint density at radius 2 is 2.20 bits per heavy atom. The molecule has 106 valence electrons. The van der Waals surface area contributed by atoms with Gasteiger partial charge in [-0.15, -0.1) is 0 Å². The van der Waals surface area contributed by atoms with E-state index in [1.165, 1.54) is 0 Å². The van der Waals surface area contributed by atoms with Crippen LogP contribution in [0.2, 0.25) is 0 Å². The third-order valence-corrected chi connectivity index (χ3v) is 2.81. The van der Waals surface area contributed by atoms with Gasteiger partial charge in [0.25, 0.3) is 5.91 Å². The van der Waals surface area contributed by atoms with E-state index in [0.29, 0.717) is 18.7 Å². The minimum absolute atomic E-state index is 0.168. The second-order valence-corrected chi connectivity index (χ2v) is 4.44. The smallest absolute Gasteiger partial charge is 0.269 e. The number of hydrogen-bond donors (Lipinski definition) is 2. The van der Waals surface area contributed by atoms with Crippen LogP contribution >= 0.6 is 0 Å². The van der Waals surface area contributed by atoms with Gasteiger partial charge in [-0.3, -0.25) is 4.79 Å². The van der Waals surface area contributed by atoms with E-state index in [1.807, 2.05) is 18.2 Å². The van der Waals surface area contributed by atoms with Gasteiger partial charge in [0.15, 0.2) is 0 Å². The van der Waals surface area contributed by atoms with Crippen molar-refractivity contribution in [3.8, 4) is 0 Å². The van der Waals surface area contributed by atoms with Crippen molar-refractivity contribution >= 4 is 11.6 Å². The minimum Gasteiger partial charge on any atom is -0.469 e. The van der Waals surface area contributed by atoms with Gasteiger partial charge in [-0.1, -0.05) is 6.92 Å². The van der Waals surface area contributed by atoms with Crippen molar-refractivity contribution in [1.29, 1.82) is 0 Å². The van der Waals surface area contributed by atoms with Gasteiger partial charge < -0.3 is 15.1 Å². The van der Waals surface area contributed by atoms with Gasteiger partial charge in [0.05, 0.1) is 18.1 Å². The third-order valence-electron chi connectivity index (χ3n) is 2.81. The molecule has 0 aliphatic rings. The Kier molecular flexibility index (Phi) is 5.17. The first-order valence-corrected chi connectivity index (χ1v) is 6.80. The monoisotopic (exact) mass is 273 g/mol. The highest BCUT2D eigenvalue weighted by atomic mass is 16.3. The van der Waals surface area contributed by atoms with Crippen LogP contribution in [-0.4, -0.2) is 24.0 Å². The number of carbonyl (C=O) groups excluding carboxylic acids is 1. The van der Waals surface area contributed by atoms with Crippen molar-refractivity contribution in [2.45, 2.75) is 19.8 Å². The highest BCUT2D eigenvalue weighted by molar-refractivity contribution is 5.92. The molecule has 5 heteroatoms. The Bertz CT molecular complexity index is 521. The van der Waals surface area contributed by atoms with Crippen molar-refractivity contribution < 1.29 is 9.21 Å². The molecule has 2 heterocycles. The maximum atomic E-state index is 11.9. The number of furan rings is 1. The zero-order valence-corrected chi connectivity index (χ0v) is 11.6. The Morgan fingerprint density at radius 1 is 1.30 bits per heavy atom. The van der Waals surface area contributed by atoms with E-state index in [4.69, 9.17) is 4.42 Å².